The molecule has 0 radical (unpaired) electrons. The van der Waals surface area contributed by atoms with Crippen LogP contribution in [0.2, 0.25) is 0 Å². The first kappa shape index (κ1) is 24.0. The van der Waals surface area contributed by atoms with E-state index in [0.717, 1.165) is 33.8 Å². The Morgan fingerprint density at radius 2 is 1.70 bits per heavy atom. The second-order valence-electron chi connectivity index (χ2n) is 8.36. The molecule has 3 N–H and O–H groups in total. The zero-order valence-corrected chi connectivity index (χ0v) is 19.4. The van der Waals surface area contributed by atoms with Gasteiger partial charge < -0.3 is 25.0 Å². The fourth-order valence-electron chi connectivity index (χ4n) is 3.60. The van der Waals surface area contributed by atoms with Crippen molar-refractivity contribution in [2.24, 2.45) is 0 Å². The summed E-state index contributed by atoms with van der Waals surface area (Å²) in [4.78, 5) is 0. The second-order valence-corrected chi connectivity index (χ2v) is 8.36. The summed E-state index contributed by atoms with van der Waals surface area (Å²) in [7, 11) is 0. The number of ether oxygens (including phenoxy) is 2. The fraction of sp³-hybridized carbons (Fsp3) is 0.520. The van der Waals surface area contributed by atoms with Crippen molar-refractivity contribution in [3.8, 4) is 17.2 Å². The number of hydrogen-bond donors (Lipinski definition) is 3. The number of aliphatic hydroxyl groups excluding tert-OH is 1. The number of aliphatic hydroxyl groups is 1. The van der Waals surface area contributed by atoms with Crippen molar-refractivity contribution in [2.45, 2.75) is 67.0 Å². The lowest BCUT2D eigenvalue weighted by molar-refractivity contribution is 0.198. The molecule has 0 aromatic heterocycles. The summed E-state index contributed by atoms with van der Waals surface area (Å²) in [6.07, 6.45) is -0.0217. The van der Waals surface area contributed by atoms with E-state index in [2.05, 4.69) is 44.3 Å². The molecule has 0 amide bonds. The van der Waals surface area contributed by atoms with Crippen molar-refractivity contribution in [1.29, 1.82) is 0 Å². The molecule has 1 atom stereocenters. The molecule has 0 aliphatic rings. The standard InChI is InChI=1S/C25H37NO4/c1-15(2)21-9-8-16(3)12-23(21)30-17(4)13-26-14-22-20(7)24(28)18(5)19(6)25(22)29-11-10-27/h8-9,12,15,17,26-28H,10-11,13-14H2,1-7H3. The van der Waals surface area contributed by atoms with E-state index in [4.69, 9.17) is 14.6 Å². The van der Waals surface area contributed by atoms with Gasteiger partial charge in [-0.25, -0.2) is 0 Å². The molecule has 2 aromatic rings. The summed E-state index contributed by atoms with van der Waals surface area (Å²) in [6.45, 7) is 15.5. The number of hydrogen-bond acceptors (Lipinski definition) is 5. The number of phenols is 1. The first-order chi connectivity index (χ1) is 14.2. The Morgan fingerprint density at radius 3 is 2.33 bits per heavy atom. The van der Waals surface area contributed by atoms with E-state index in [1.165, 1.54) is 11.1 Å². The molecule has 0 saturated carbocycles. The van der Waals surface area contributed by atoms with Crippen molar-refractivity contribution >= 4 is 0 Å². The highest BCUT2D eigenvalue weighted by Gasteiger charge is 2.18. The molecular weight excluding hydrogens is 378 g/mol. The maximum absolute atomic E-state index is 10.5. The third kappa shape index (κ3) is 5.67. The molecule has 0 fully saturated rings. The third-order valence-corrected chi connectivity index (χ3v) is 5.53. The highest BCUT2D eigenvalue weighted by molar-refractivity contribution is 5.57. The molecular formula is C25H37NO4. The molecule has 0 aliphatic carbocycles. The molecule has 166 valence electrons. The van der Waals surface area contributed by atoms with Crippen LogP contribution in [0, 0.1) is 27.7 Å². The fourth-order valence-corrected chi connectivity index (χ4v) is 3.60. The normalized spacial score (nSPS) is 12.3. The maximum atomic E-state index is 10.5. The predicted octanol–water partition coefficient (Wildman–Crippen LogP) is 4.68. The SMILES string of the molecule is Cc1ccc(C(C)C)c(OC(C)CNCc2c(C)c(O)c(C)c(C)c2OCCO)c1. The molecule has 5 heteroatoms. The van der Waals surface area contributed by atoms with Crippen LogP contribution in [-0.2, 0) is 6.54 Å². The van der Waals surface area contributed by atoms with Crippen LogP contribution in [0.1, 0.15) is 60.1 Å². The van der Waals surface area contributed by atoms with Gasteiger partial charge in [-0.15, -0.1) is 0 Å². The molecule has 30 heavy (non-hydrogen) atoms. The van der Waals surface area contributed by atoms with Crippen molar-refractivity contribution in [3.63, 3.8) is 0 Å². The quantitative estimate of drug-likeness (QED) is 0.526. The first-order valence-corrected chi connectivity index (χ1v) is 10.7. The zero-order valence-electron chi connectivity index (χ0n) is 19.4. The van der Waals surface area contributed by atoms with Gasteiger partial charge >= 0.3 is 0 Å². The average Bonchev–Trinajstić information content (AvgIpc) is 2.69. The zero-order chi connectivity index (χ0) is 22.4. The second kappa shape index (κ2) is 10.7. The molecule has 0 bridgehead atoms. The van der Waals surface area contributed by atoms with Gasteiger partial charge in [-0.3, -0.25) is 0 Å². The number of rotatable bonds is 10. The Kier molecular flexibility index (Phi) is 8.56. The lowest BCUT2D eigenvalue weighted by atomic mass is 9.97. The van der Waals surface area contributed by atoms with Crippen LogP contribution >= 0.6 is 0 Å². The van der Waals surface area contributed by atoms with Crippen molar-refractivity contribution < 1.29 is 19.7 Å². The van der Waals surface area contributed by atoms with Crippen LogP contribution in [0.25, 0.3) is 0 Å². The molecule has 0 aliphatic heterocycles. The lowest BCUT2D eigenvalue weighted by Crippen LogP contribution is -2.29. The summed E-state index contributed by atoms with van der Waals surface area (Å²) in [6, 6.07) is 6.35. The monoisotopic (exact) mass is 415 g/mol. The van der Waals surface area contributed by atoms with Crippen LogP contribution in [0.5, 0.6) is 17.2 Å². The van der Waals surface area contributed by atoms with E-state index in [-0.39, 0.29) is 19.3 Å². The predicted molar refractivity (Wildman–Crippen MR) is 122 cm³/mol. The number of aryl methyl sites for hydroxylation is 1. The number of nitrogens with one attached hydrogen (secondary N) is 1. The molecule has 2 rings (SSSR count). The third-order valence-electron chi connectivity index (χ3n) is 5.53. The highest BCUT2D eigenvalue weighted by atomic mass is 16.5. The molecule has 0 spiro atoms. The van der Waals surface area contributed by atoms with E-state index >= 15 is 0 Å². The van der Waals surface area contributed by atoms with E-state index in [0.29, 0.717) is 24.8 Å². The Balaban J connectivity index is 2.11. The molecule has 1 unspecified atom stereocenters. The van der Waals surface area contributed by atoms with E-state index in [1.807, 2.05) is 27.7 Å². The van der Waals surface area contributed by atoms with Gasteiger partial charge in [-0.1, -0.05) is 26.0 Å². The van der Waals surface area contributed by atoms with Crippen molar-refractivity contribution in [3.05, 3.63) is 51.6 Å². The van der Waals surface area contributed by atoms with Crippen molar-refractivity contribution in [2.75, 3.05) is 19.8 Å². The van der Waals surface area contributed by atoms with Crippen molar-refractivity contribution in [1.82, 2.24) is 5.32 Å². The van der Waals surface area contributed by atoms with Gasteiger partial charge in [-0.05, 0) is 74.4 Å². The Labute approximate surface area is 181 Å². The smallest absolute Gasteiger partial charge is 0.127 e. The Morgan fingerprint density at radius 1 is 1.00 bits per heavy atom. The van der Waals surface area contributed by atoms with Crippen LogP contribution in [-0.4, -0.2) is 36.1 Å². The Hall–Kier alpha value is -2.24. The highest BCUT2D eigenvalue weighted by Crippen LogP contribution is 2.37. The molecule has 0 heterocycles. The van der Waals surface area contributed by atoms with E-state index < -0.39 is 0 Å². The van der Waals surface area contributed by atoms with Gasteiger partial charge in [0.25, 0.3) is 0 Å². The van der Waals surface area contributed by atoms with E-state index in [1.54, 1.807) is 0 Å². The minimum Gasteiger partial charge on any atom is -0.507 e. The Bertz CT molecular complexity index is 861. The maximum Gasteiger partial charge on any atom is 0.127 e. The van der Waals surface area contributed by atoms with E-state index in [9.17, 15) is 5.11 Å². The number of benzene rings is 2. The van der Waals surface area contributed by atoms with Gasteiger partial charge in [0.1, 0.15) is 30.0 Å². The number of aromatic hydroxyl groups is 1. The van der Waals surface area contributed by atoms with Gasteiger partial charge in [0, 0.05) is 18.7 Å². The first-order valence-electron chi connectivity index (χ1n) is 10.7. The van der Waals surface area contributed by atoms with Crippen LogP contribution in [0.3, 0.4) is 0 Å². The van der Waals surface area contributed by atoms with Crippen LogP contribution in [0.4, 0.5) is 0 Å². The minimum atomic E-state index is -0.0508. The average molecular weight is 416 g/mol. The van der Waals surface area contributed by atoms with Gasteiger partial charge in [0.05, 0.1) is 6.61 Å². The minimum absolute atomic E-state index is 0.0217. The van der Waals surface area contributed by atoms with Crippen LogP contribution in [0.15, 0.2) is 18.2 Å². The van der Waals surface area contributed by atoms with Gasteiger partial charge in [0.15, 0.2) is 0 Å². The molecule has 2 aromatic carbocycles. The summed E-state index contributed by atoms with van der Waals surface area (Å²) in [5, 5.41) is 23.1. The van der Waals surface area contributed by atoms with Crippen LogP contribution < -0.4 is 14.8 Å². The molecule has 0 saturated heterocycles. The van der Waals surface area contributed by atoms with Gasteiger partial charge in [0.2, 0.25) is 0 Å². The van der Waals surface area contributed by atoms with Gasteiger partial charge in [-0.2, -0.15) is 0 Å². The topological polar surface area (TPSA) is 71.0 Å². The lowest BCUT2D eigenvalue weighted by Gasteiger charge is -2.22. The summed E-state index contributed by atoms with van der Waals surface area (Å²) in [5.41, 5.74) is 5.81. The summed E-state index contributed by atoms with van der Waals surface area (Å²) < 4.78 is 12.1. The molecule has 5 nitrogen and oxygen atoms in total. The number of phenolic OH excluding ortho intramolecular Hbond substituents is 1. The summed E-state index contributed by atoms with van der Waals surface area (Å²) in [5.74, 6) is 2.37. The summed E-state index contributed by atoms with van der Waals surface area (Å²) >= 11 is 0. The largest absolute Gasteiger partial charge is 0.507 e.